The zero-order chi connectivity index (χ0) is 12.8. The first kappa shape index (κ1) is 15.7. The van der Waals surface area contributed by atoms with E-state index in [1.54, 1.807) is 0 Å². The fourth-order valence-corrected chi connectivity index (χ4v) is 0.857. The Labute approximate surface area is 99.1 Å². The van der Waals surface area contributed by atoms with E-state index < -0.39 is 5.97 Å². The SMILES string of the molecule is N=[N+]=NCCOCCOCCOCCC(=O)O. The maximum Gasteiger partial charge on any atom is 0.305 e. The molecule has 0 atom stereocenters. The van der Waals surface area contributed by atoms with Crippen LogP contribution in [0, 0.1) is 5.53 Å². The van der Waals surface area contributed by atoms with Crippen LogP contribution in [0.4, 0.5) is 0 Å². The van der Waals surface area contributed by atoms with Gasteiger partial charge >= 0.3 is 5.97 Å². The topological polar surface area (TPSA) is 115 Å². The molecule has 0 aromatic rings. The average molecular weight is 248 g/mol. The number of aliphatic carboxylic acids is 1. The van der Waals surface area contributed by atoms with E-state index in [9.17, 15) is 4.79 Å². The summed E-state index contributed by atoms with van der Waals surface area (Å²) in [5.41, 5.74) is 6.38. The monoisotopic (exact) mass is 248 g/mol. The van der Waals surface area contributed by atoms with Gasteiger partial charge in [-0.25, -0.2) is 0 Å². The van der Waals surface area contributed by atoms with Crippen molar-refractivity contribution in [3.63, 3.8) is 0 Å². The molecule has 0 aromatic carbocycles. The van der Waals surface area contributed by atoms with E-state index in [0.29, 0.717) is 39.6 Å². The molecule has 0 saturated carbocycles. The molecule has 0 fully saturated rings. The molecule has 0 bridgehead atoms. The quantitative estimate of drug-likeness (QED) is 0.288. The molecule has 0 unspecified atom stereocenters. The average Bonchev–Trinajstić information content (AvgIpc) is 2.30. The summed E-state index contributed by atoms with van der Waals surface area (Å²) in [6.45, 7) is 2.68. The van der Waals surface area contributed by atoms with E-state index in [4.69, 9.17) is 24.8 Å². The van der Waals surface area contributed by atoms with Crippen LogP contribution in [0.2, 0.25) is 0 Å². The fraction of sp³-hybridized carbons (Fsp3) is 0.889. The largest absolute Gasteiger partial charge is 0.481 e. The highest BCUT2D eigenvalue weighted by Crippen LogP contribution is 1.84. The lowest BCUT2D eigenvalue weighted by atomic mass is 10.5. The van der Waals surface area contributed by atoms with Gasteiger partial charge in [-0.2, -0.15) is 0 Å². The van der Waals surface area contributed by atoms with Crippen molar-refractivity contribution in [1.29, 1.82) is 5.53 Å². The first-order valence-electron chi connectivity index (χ1n) is 5.25. The van der Waals surface area contributed by atoms with Gasteiger partial charge < -0.3 is 19.3 Å². The van der Waals surface area contributed by atoms with E-state index >= 15 is 0 Å². The molecular weight excluding hydrogens is 230 g/mol. The summed E-state index contributed by atoms with van der Waals surface area (Å²) in [4.78, 5) is 13.0. The third-order valence-corrected chi connectivity index (χ3v) is 1.61. The Morgan fingerprint density at radius 1 is 1.06 bits per heavy atom. The minimum Gasteiger partial charge on any atom is -0.481 e. The lowest BCUT2D eigenvalue weighted by Gasteiger charge is -2.04. The fourth-order valence-electron chi connectivity index (χ4n) is 0.857. The summed E-state index contributed by atoms with van der Waals surface area (Å²) in [6.07, 6.45) is 0.00760. The zero-order valence-corrected chi connectivity index (χ0v) is 9.63. The van der Waals surface area contributed by atoms with Crippen molar-refractivity contribution in [2.45, 2.75) is 6.42 Å². The van der Waals surface area contributed by atoms with Crippen LogP contribution in [0.15, 0.2) is 5.11 Å². The molecule has 0 rings (SSSR count). The summed E-state index contributed by atoms with van der Waals surface area (Å²) in [5.74, 6) is -0.871. The standard InChI is InChI=1S/C9H17N3O5/c10-12-11-2-4-16-6-8-17-7-5-15-3-1-9(13)14/h10H,1-8H2/p+1. The van der Waals surface area contributed by atoms with Gasteiger partial charge in [0.1, 0.15) is 17.2 Å². The van der Waals surface area contributed by atoms with E-state index in [1.165, 1.54) is 0 Å². The van der Waals surface area contributed by atoms with Crippen molar-refractivity contribution in [2.75, 3.05) is 46.2 Å². The predicted molar refractivity (Wildman–Crippen MR) is 56.9 cm³/mol. The van der Waals surface area contributed by atoms with Crippen molar-refractivity contribution in [3.8, 4) is 0 Å². The molecule has 8 nitrogen and oxygen atoms in total. The van der Waals surface area contributed by atoms with E-state index in [-0.39, 0.29) is 13.0 Å². The highest BCUT2D eigenvalue weighted by atomic mass is 16.5. The van der Waals surface area contributed by atoms with E-state index in [1.807, 2.05) is 0 Å². The van der Waals surface area contributed by atoms with Gasteiger partial charge in [0.25, 0.3) is 0 Å². The second-order valence-electron chi connectivity index (χ2n) is 2.95. The highest BCUT2D eigenvalue weighted by molar-refractivity contribution is 5.66. The molecule has 0 saturated heterocycles. The van der Waals surface area contributed by atoms with E-state index in [0.717, 1.165) is 0 Å². The predicted octanol–water partition coefficient (Wildman–Crippen LogP) is 0.0613. The van der Waals surface area contributed by atoms with Crippen molar-refractivity contribution < 1.29 is 24.1 Å². The normalized spacial score (nSPS) is 9.88. The van der Waals surface area contributed by atoms with Crippen LogP contribution in [0.5, 0.6) is 0 Å². The molecule has 8 heteroatoms. The van der Waals surface area contributed by atoms with Crippen LogP contribution in [-0.4, -0.2) is 57.3 Å². The second kappa shape index (κ2) is 12.7. The maximum atomic E-state index is 10.1. The number of hydrogen-bond donors (Lipinski definition) is 2. The van der Waals surface area contributed by atoms with Crippen LogP contribution in [0.25, 0.3) is 0 Å². The number of ether oxygens (including phenoxy) is 3. The third-order valence-electron chi connectivity index (χ3n) is 1.61. The molecule has 0 aliphatic heterocycles. The number of carbonyl (C=O) groups is 1. The Balaban J connectivity index is 2.98. The van der Waals surface area contributed by atoms with Crippen LogP contribution < -0.4 is 4.91 Å². The highest BCUT2D eigenvalue weighted by Gasteiger charge is 1.96. The molecule has 0 aliphatic rings. The Hall–Kier alpha value is -1.34. The van der Waals surface area contributed by atoms with Gasteiger partial charge in [0.2, 0.25) is 4.91 Å². The molecule has 0 aromatic heterocycles. The van der Waals surface area contributed by atoms with E-state index in [2.05, 4.69) is 10.0 Å². The number of rotatable bonds is 12. The summed E-state index contributed by atoms with van der Waals surface area (Å²) < 4.78 is 15.3. The van der Waals surface area contributed by atoms with Gasteiger partial charge in [0.15, 0.2) is 0 Å². The molecule has 0 amide bonds. The molecule has 0 radical (unpaired) electrons. The molecular formula is C9H18N3O5+. The van der Waals surface area contributed by atoms with Gasteiger partial charge in [0, 0.05) is 0 Å². The van der Waals surface area contributed by atoms with Crippen molar-refractivity contribution in [2.24, 2.45) is 5.11 Å². The Morgan fingerprint density at radius 2 is 1.59 bits per heavy atom. The van der Waals surface area contributed by atoms with Crippen LogP contribution in [-0.2, 0) is 19.0 Å². The number of carboxylic acid groups (broad SMARTS) is 1. The van der Waals surface area contributed by atoms with Gasteiger partial charge in [-0.3, -0.25) is 4.79 Å². The maximum absolute atomic E-state index is 10.1. The smallest absolute Gasteiger partial charge is 0.305 e. The van der Waals surface area contributed by atoms with Crippen LogP contribution in [0.3, 0.4) is 0 Å². The molecule has 0 spiro atoms. The van der Waals surface area contributed by atoms with Crippen molar-refractivity contribution >= 4 is 5.97 Å². The molecule has 0 aliphatic carbocycles. The first-order chi connectivity index (χ1) is 8.27. The molecule has 17 heavy (non-hydrogen) atoms. The third kappa shape index (κ3) is 14.7. The Bertz CT molecular complexity index is 233. The number of hydrogen-bond acceptors (Lipinski definition) is 6. The minimum absolute atomic E-state index is 0.00760. The lowest BCUT2D eigenvalue weighted by molar-refractivity contribution is -0.138. The molecule has 2 N–H and O–H groups in total. The minimum atomic E-state index is -0.871. The van der Waals surface area contributed by atoms with Crippen LogP contribution in [0.1, 0.15) is 6.42 Å². The van der Waals surface area contributed by atoms with Gasteiger partial charge in [-0.1, -0.05) is 0 Å². The molecule has 0 heterocycles. The Kier molecular flexibility index (Phi) is 11.7. The first-order valence-corrected chi connectivity index (χ1v) is 5.25. The van der Waals surface area contributed by atoms with Gasteiger partial charge in [-0.05, 0) is 0 Å². The van der Waals surface area contributed by atoms with Crippen molar-refractivity contribution in [3.05, 3.63) is 0 Å². The summed E-state index contributed by atoms with van der Waals surface area (Å²) in [7, 11) is 0. The Morgan fingerprint density at radius 3 is 2.12 bits per heavy atom. The summed E-state index contributed by atoms with van der Waals surface area (Å²) in [6, 6.07) is 0. The van der Waals surface area contributed by atoms with Crippen molar-refractivity contribution in [1.82, 2.24) is 4.91 Å². The summed E-state index contributed by atoms with van der Waals surface area (Å²) in [5, 5.41) is 11.7. The lowest BCUT2D eigenvalue weighted by Crippen LogP contribution is -2.11. The van der Waals surface area contributed by atoms with Crippen LogP contribution >= 0.6 is 0 Å². The summed E-state index contributed by atoms with van der Waals surface area (Å²) >= 11 is 0. The van der Waals surface area contributed by atoms with Gasteiger partial charge in [0.05, 0.1) is 46.1 Å². The number of nitrogens with one attached hydrogen (secondary N) is 1. The second-order valence-corrected chi connectivity index (χ2v) is 2.95. The number of nitrogens with zero attached hydrogens (tertiary/aromatic N) is 2. The molecule has 98 valence electrons. The van der Waals surface area contributed by atoms with Gasteiger partial charge in [-0.15, -0.1) is 0 Å². The number of carboxylic acids is 1. The zero-order valence-electron chi connectivity index (χ0n) is 9.63.